The summed E-state index contributed by atoms with van der Waals surface area (Å²) in [6.07, 6.45) is 1.53. The molecule has 8 nitrogen and oxygen atoms in total. The largest absolute Gasteiger partial charge is 0.380 e. The number of halogens is 1. The molecule has 3 saturated heterocycles. The van der Waals surface area contributed by atoms with Crippen molar-refractivity contribution in [1.82, 2.24) is 14.1 Å². The Hall–Kier alpha value is -2.05. The maximum atomic E-state index is 13.7. The van der Waals surface area contributed by atoms with Crippen molar-refractivity contribution >= 4 is 49.0 Å². The predicted molar refractivity (Wildman–Crippen MR) is 147 cm³/mol. The number of amides is 1. The Kier molecular flexibility index (Phi) is 6.79. The van der Waals surface area contributed by atoms with Crippen LogP contribution in [0, 0.1) is 0 Å². The molecule has 1 atom stereocenters. The molecule has 1 amide bonds. The van der Waals surface area contributed by atoms with Crippen LogP contribution in [0.2, 0.25) is 5.02 Å². The van der Waals surface area contributed by atoms with Crippen molar-refractivity contribution in [3.05, 3.63) is 65.2 Å². The Morgan fingerprint density at radius 1 is 1.08 bits per heavy atom. The molecule has 3 aliphatic heterocycles. The summed E-state index contributed by atoms with van der Waals surface area (Å²) in [7, 11) is -2.38. The van der Waals surface area contributed by atoms with Crippen molar-refractivity contribution in [3.8, 4) is 0 Å². The van der Waals surface area contributed by atoms with E-state index in [2.05, 4.69) is 17.0 Å². The van der Waals surface area contributed by atoms with Gasteiger partial charge in [0, 0.05) is 36.5 Å². The summed E-state index contributed by atoms with van der Waals surface area (Å²) in [5, 5.41) is 1.35. The molecule has 11 heteroatoms. The van der Waals surface area contributed by atoms with Crippen LogP contribution in [-0.2, 0) is 30.8 Å². The highest BCUT2D eigenvalue weighted by Crippen LogP contribution is 2.44. The van der Waals surface area contributed by atoms with E-state index in [-0.39, 0.29) is 29.8 Å². The first-order valence-corrected chi connectivity index (χ1v) is 15.3. The number of piperidine rings is 1. The molecule has 0 aliphatic carbocycles. The van der Waals surface area contributed by atoms with Gasteiger partial charge in [0.25, 0.3) is 10.0 Å². The fourth-order valence-corrected chi connectivity index (χ4v) is 9.19. The molecular formula is C27H30ClN3O5S2. The maximum Gasteiger partial charge on any atom is 0.253 e. The molecule has 0 saturated carbocycles. The second-order valence-electron chi connectivity index (χ2n) is 10.4. The number of hydrogen-bond acceptors (Lipinski definition) is 7. The zero-order valence-corrected chi connectivity index (χ0v) is 23.5. The first kappa shape index (κ1) is 26.2. The average molecular weight is 576 g/mol. The summed E-state index contributed by atoms with van der Waals surface area (Å²) in [5.41, 5.74) is -0.405. The van der Waals surface area contributed by atoms with Gasteiger partial charge in [-0.3, -0.25) is 9.69 Å². The van der Waals surface area contributed by atoms with E-state index in [1.54, 1.807) is 36.3 Å². The number of fused-ring (bicyclic) bond motifs is 2. The van der Waals surface area contributed by atoms with E-state index in [0.29, 0.717) is 11.6 Å². The Balaban J connectivity index is 1.23. The summed E-state index contributed by atoms with van der Waals surface area (Å²) in [5.74, 6) is -0.260. The third-order valence-corrected chi connectivity index (χ3v) is 11.4. The van der Waals surface area contributed by atoms with Crippen LogP contribution in [0.5, 0.6) is 0 Å². The van der Waals surface area contributed by atoms with E-state index in [9.17, 15) is 13.2 Å². The van der Waals surface area contributed by atoms with Crippen molar-refractivity contribution in [3.63, 3.8) is 0 Å². The molecule has 1 unspecified atom stereocenters. The van der Waals surface area contributed by atoms with E-state index in [1.807, 2.05) is 18.2 Å². The van der Waals surface area contributed by atoms with E-state index in [0.717, 1.165) is 53.9 Å². The van der Waals surface area contributed by atoms with E-state index < -0.39 is 21.3 Å². The molecule has 6 rings (SSSR count). The molecule has 0 radical (unpaired) electrons. The molecule has 3 fully saturated rings. The lowest BCUT2D eigenvalue weighted by Gasteiger charge is -2.44. The number of likely N-dealkylation sites (tertiary alicyclic amines) is 1. The molecule has 1 spiro atoms. The monoisotopic (exact) mass is 575 g/mol. The van der Waals surface area contributed by atoms with Gasteiger partial charge in [-0.05, 0) is 42.0 Å². The molecule has 4 heterocycles. The first-order chi connectivity index (χ1) is 18.2. The topological polar surface area (TPSA) is 79.4 Å². The summed E-state index contributed by atoms with van der Waals surface area (Å²) >= 11 is 7.26. The number of nitrogens with zero attached hydrogens (tertiary/aromatic N) is 3. The van der Waals surface area contributed by atoms with Crippen LogP contribution in [0.15, 0.2) is 58.8 Å². The van der Waals surface area contributed by atoms with Crippen LogP contribution < -0.4 is 0 Å². The lowest BCUT2D eigenvalue weighted by Crippen LogP contribution is -2.65. The number of rotatable bonds is 6. The third-order valence-electron chi connectivity index (χ3n) is 7.82. The maximum absolute atomic E-state index is 13.7. The second kappa shape index (κ2) is 9.85. The van der Waals surface area contributed by atoms with Crippen molar-refractivity contribution in [1.29, 1.82) is 0 Å². The summed E-state index contributed by atoms with van der Waals surface area (Å²) < 4.78 is 42.0. The predicted octanol–water partition coefficient (Wildman–Crippen LogP) is 3.80. The highest BCUT2D eigenvalue weighted by Gasteiger charge is 2.60. The Morgan fingerprint density at radius 3 is 2.58 bits per heavy atom. The molecule has 3 aromatic rings. The zero-order valence-electron chi connectivity index (χ0n) is 21.1. The summed E-state index contributed by atoms with van der Waals surface area (Å²) in [4.78, 5) is 17.6. The number of carbonyl (C=O) groups excluding carboxylic acids is 1. The number of methoxy groups -OCH3 is 1. The zero-order chi connectivity index (χ0) is 26.5. The van der Waals surface area contributed by atoms with Gasteiger partial charge in [0.2, 0.25) is 5.91 Å². The van der Waals surface area contributed by atoms with Crippen molar-refractivity contribution in [2.75, 3.05) is 46.4 Å². The molecule has 202 valence electrons. The quantitative estimate of drug-likeness (QED) is 0.445. The van der Waals surface area contributed by atoms with Crippen LogP contribution in [0.3, 0.4) is 0 Å². The lowest BCUT2D eigenvalue weighted by atomic mass is 9.91. The molecule has 38 heavy (non-hydrogen) atoms. The van der Waals surface area contributed by atoms with Gasteiger partial charge in [0.05, 0.1) is 31.8 Å². The fraction of sp³-hybridized carbons (Fsp3) is 0.444. The molecule has 3 aliphatic rings. The summed E-state index contributed by atoms with van der Waals surface area (Å²) in [6.45, 7) is 2.90. The average Bonchev–Trinajstić information content (AvgIpc) is 3.46. The standard InChI is InChI=1S/C27H30ClN3O5S2/c1-35-19-27-18-30(38(33,34)25-13-21-7-8-22(28)14-23(21)37-25)16-24(32)31(27)17-26(36-27)9-11-29(12-10-26)15-20-5-3-2-4-6-20/h2-8,13-14H,9-12,15-19H2,1H3. The Labute approximate surface area is 231 Å². The summed E-state index contributed by atoms with van der Waals surface area (Å²) in [6, 6.07) is 17.3. The highest BCUT2D eigenvalue weighted by molar-refractivity contribution is 7.91. The molecule has 2 aromatic carbocycles. The van der Waals surface area contributed by atoms with Gasteiger partial charge in [0.15, 0.2) is 5.72 Å². The van der Waals surface area contributed by atoms with Crippen molar-refractivity contribution < 1.29 is 22.7 Å². The minimum absolute atomic E-state index is 0.0272. The number of carbonyl (C=O) groups is 1. The number of thiophene rings is 1. The minimum atomic E-state index is -3.93. The SMILES string of the molecule is COCC12CN(S(=O)(=O)c3cc4ccc(Cl)cc4s3)CC(=O)N1CC1(CCN(Cc3ccccc3)CC1)O2. The van der Waals surface area contributed by atoms with Gasteiger partial charge in [-0.2, -0.15) is 4.31 Å². The van der Waals surface area contributed by atoms with Gasteiger partial charge in [-0.1, -0.05) is 48.0 Å². The smallest absolute Gasteiger partial charge is 0.253 e. The van der Waals surface area contributed by atoms with Crippen LogP contribution >= 0.6 is 22.9 Å². The number of ether oxygens (including phenoxy) is 2. The van der Waals surface area contributed by atoms with Gasteiger partial charge in [-0.25, -0.2) is 8.42 Å². The first-order valence-electron chi connectivity index (χ1n) is 12.7. The number of sulfonamides is 1. The van der Waals surface area contributed by atoms with Crippen LogP contribution in [-0.4, -0.2) is 86.2 Å². The van der Waals surface area contributed by atoms with Gasteiger partial charge in [0.1, 0.15) is 4.21 Å². The molecular weight excluding hydrogens is 546 g/mol. The lowest BCUT2D eigenvalue weighted by molar-refractivity contribution is -0.197. The van der Waals surface area contributed by atoms with Crippen molar-refractivity contribution in [2.24, 2.45) is 0 Å². The van der Waals surface area contributed by atoms with Gasteiger partial charge >= 0.3 is 0 Å². The third kappa shape index (κ3) is 4.66. The molecule has 1 aromatic heterocycles. The van der Waals surface area contributed by atoms with E-state index in [1.165, 1.54) is 9.87 Å². The number of piperazine rings is 1. The number of hydrogen-bond donors (Lipinski definition) is 0. The van der Waals surface area contributed by atoms with Crippen LogP contribution in [0.25, 0.3) is 10.1 Å². The Morgan fingerprint density at radius 2 is 1.84 bits per heavy atom. The van der Waals surface area contributed by atoms with Gasteiger partial charge < -0.3 is 14.4 Å². The normalized spacial score (nSPS) is 24.4. The van der Waals surface area contributed by atoms with Crippen LogP contribution in [0.4, 0.5) is 0 Å². The van der Waals surface area contributed by atoms with Crippen molar-refractivity contribution in [2.45, 2.75) is 34.9 Å². The number of benzene rings is 2. The fourth-order valence-electron chi connectivity index (χ4n) is 5.93. The molecule has 0 bridgehead atoms. The van der Waals surface area contributed by atoms with Gasteiger partial charge in [-0.15, -0.1) is 11.3 Å². The van der Waals surface area contributed by atoms with E-state index >= 15 is 0 Å². The van der Waals surface area contributed by atoms with Crippen LogP contribution in [0.1, 0.15) is 18.4 Å². The minimum Gasteiger partial charge on any atom is -0.380 e. The second-order valence-corrected chi connectivity index (χ2v) is 14.1. The molecule has 0 N–H and O–H groups in total. The highest BCUT2D eigenvalue weighted by atomic mass is 35.5. The van der Waals surface area contributed by atoms with E-state index in [4.69, 9.17) is 21.1 Å². The Bertz CT molecular complexity index is 1460.